The maximum atomic E-state index is 12.5. The van der Waals surface area contributed by atoms with E-state index in [1.807, 2.05) is 6.92 Å². The van der Waals surface area contributed by atoms with E-state index in [0.717, 1.165) is 11.1 Å². The first-order valence-corrected chi connectivity index (χ1v) is 6.43. The van der Waals surface area contributed by atoms with E-state index in [9.17, 15) is 9.59 Å². The van der Waals surface area contributed by atoms with Gasteiger partial charge in [-0.25, -0.2) is 4.79 Å². The number of carbonyl (C=O) groups excluding carboxylic acids is 1. The number of rotatable bonds is 3. The van der Waals surface area contributed by atoms with Crippen LogP contribution in [-0.2, 0) is 0 Å². The van der Waals surface area contributed by atoms with Crippen LogP contribution < -0.4 is 0 Å². The summed E-state index contributed by atoms with van der Waals surface area (Å²) in [6, 6.07) is 9.60. The Bertz CT molecular complexity index is 705. The molecule has 0 radical (unpaired) electrons. The minimum atomic E-state index is -1.11. The molecule has 0 saturated carbocycles. The number of ketones is 1. The van der Waals surface area contributed by atoms with Crippen LogP contribution in [0.1, 0.15) is 37.4 Å². The van der Waals surface area contributed by atoms with E-state index < -0.39 is 5.97 Å². The van der Waals surface area contributed by atoms with Crippen molar-refractivity contribution in [2.75, 3.05) is 0 Å². The molecule has 1 N–H and O–H groups in total. The van der Waals surface area contributed by atoms with Crippen molar-refractivity contribution in [3.63, 3.8) is 0 Å². The molecule has 0 unspecified atom stereocenters. The van der Waals surface area contributed by atoms with Gasteiger partial charge >= 0.3 is 5.97 Å². The highest BCUT2D eigenvalue weighted by molar-refractivity contribution is 6.31. The predicted octanol–water partition coefficient (Wildman–Crippen LogP) is 3.89. The third-order valence-corrected chi connectivity index (χ3v) is 3.56. The molecule has 102 valence electrons. The summed E-state index contributed by atoms with van der Waals surface area (Å²) in [5.74, 6) is -1.42. The Morgan fingerprint density at radius 2 is 1.55 bits per heavy atom. The number of aryl methyl sites for hydroxylation is 2. The predicted molar refractivity (Wildman–Crippen MR) is 77.8 cm³/mol. The molecule has 0 atom stereocenters. The summed E-state index contributed by atoms with van der Waals surface area (Å²) in [6.07, 6.45) is 0. The van der Waals surface area contributed by atoms with Gasteiger partial charge < -0.3 is 5.11 Å². The zero-order valence-electron chi connectivity index (χ0n) is 11.1. The smallest absolute Gasteiger partial charge is 0.336 e. The quantitative estimate of drug-likeness (QED) is 0.872. The summed E-state index contributed by atoms with van der Waals surface area (Å²) < 4.78 is 0. The zero-order valence-corrected chi connectivity index (χ0v) is 11.9. The highest BCUT2D eigenvalue weighted by Crippen LogP contribution is 2.23. The largest absolute Gasteiger partial charge is 0.478 e. The summed E-state index contributed by atoms with van der Waals surface area (Å²) in [5.41, 5.74) is 2.18. The normalized spacial score (nSPS) is 10.3. The molecule has 0 aliphatic heterocycles. The average molecular weight is 289 g/mol. The second-order valence-corrected chi connectivity index (χ2v) is 5.00. The molecule has 0 aromatic heterocycles. The lowest BCUT2D eigenvalue weighted by Gasteiger charge is -2.10. The van der Waals surface area contributed by atoms with Gasteiger partial charge in [-0.3, -0.25) is 4.79 Å². The number of halogens is 1. The summed E-state index contributed by atoms with van der Waals surface area (Å²) in [4.78, 5) is 23.7. The van der Waals surface area contributed by atoms with Crippen molar-refractivity contribution in [3.05, 3.63) is 69.2 Å². The molecular formula is C16H13ClO3. The zero-order chi connectivity index (χ0) is 14.9. The van der Waals surface area contributed by atoms with E-state index in [2.05, 4.69) is 0 Å². The van der Waals surface area contributed by atoms with Crippen LogP contribution in [0.25, 0.3) is 0 Å². The number of carboxylic acid groups (broad SMARTS) is 1. The highest BCUT2D eigenvalue weighted by atomic mass is 35.5. The minimum Gasteiger partial charge on any atom is -0.478 e. The number of hydrogen-bond acceptors (Lipinski definition) is 2. The van der Waals surface area contributed by atoms with E-state index in [1.165, 1.54) is 12.1 Å². The fourth-order valence-electron chi connectivity index (χ4n) is 2.04. The Morgan fingerprint density at radius 3 is 2.15 bits per heavy atom. The lowest BCUT2D eigenvalue weighted by Crippen LogP contribution is -2.11. The van der Waals surface area contributed by atoms with Crippen LogP contribution in [0.4, 0.5) is 0 Å². The monoisotopic (exact) mass is 288 g/mol. The van der Waals surface area contributed by atoms with Crippen LogP contribution in [0.3, 0.4) is 0 Å². The van der Waals surface area contributed by atoms with Crippen molar-refractivity contribution >= 4 is 23.4 Å². The topological polar surface area (TPSA) is 54.4 Å². The standard InChI is InChI=1S/C16H13ClO3/c1-9-8-14(17)10(2)7-13(9)15(18)11-5-3-4-6-12(11)16(19)20/h3-8H,1-2H3,(H,19,20). The van der Waals surface area contributed by atoms with Gasteiger partial charge in [-0.1, -0.05) is 29.8 Å². The van der Waals surface area contributed by atoms with Crippen molar-refractivity contribution < 1.29 is 14.7 Å². The summed E-state index contributed by atoms with van der Waals surface area (Å²) >= 11 is 6.01. The highest BCUT2D eigenvalue weighted by Gasteiger charge is 2.19. The van der Waals surface area contributed by atoms with Gasteiger partial charge in [0, 0.05) is 16.1 Å². The Hall–Kier alpha value is -2.13. The van der Waals surface area contributed by atoms with E-state index in [4.69, 9.17) is 16.7 Å². The van der Waals surface area contributed by atoms with Crippen LogP contribution >= 0.6 is 11.6 Å². The lowest BCUT2D eigenvalue weighted by molar-refractivity contribution is 0.0693. The maximum absolute atomic E-state index is 12.5. The van der Waals surface area contributed by atoms with Crippen molar-refractivity contribution in [2.45, 2.75) is 13.8 Å². The molecule has 2 aromatic carbocycles. The number of hydrogen-bond donors (Lipinski definition) is 1. The molecule has 4 heteroatoms. The fourth-order valence-corrected chi connectivity index (χ4v) is 2.26. The second-order valence-electron chi connectivity index (χ2n) is 4.60. The Labute approximate surface area is 121 Å². The SMILES string of the molecule is Cc1cc(C(=O)c2ccccc2C(=O)O)c(C)cc1Cl. The van der Waals surface area contributed by atoms with Crippen molar-refractivity contribution in [1.29, 1.82) is 0 Å². The molecule has 2 rings (SSSR count). The van der Waals surface area contributed by atoms with Gasteiger partial charge in [0.25, 0.3) is 0 Å². The molecule has 0 fully saturated rings. The summed E-state index contributed by atoms with van der Waals surface area (Å²) in [6.45, 7) is 3.59. The first kappa shape index (κ1) is 14.3. The Kier molecular flexibility index (Phi) is 3.91. The summed E-state index contributed by atoms with van der Waals surface area (Å²) in [5, 5.41) is 9.74. The Morgan fingerprint density at radius 1 is 0.950 bits per heavy atom. The van der Waals surface area contributed by atoms with Crippen LogP contribution in [0, 0.1) is 13.8 Å². The van der Waals surface area contributed by atoms with Crippen molar-refractivity contribution in [2.24, 2.45) is 0 Å². The number of aromatic carboxylic acids is 1. The van der Waals surface area contributed by atoms with Gasteiger partial charge in [0.2, 0.25) is 0 Å². The number of carboxylic acids is 1. The molecule has 0 saturated heterocycles. The number of carbonyl (C=O) groups is 2. The van der Waals surface area contributed by atoms with Crippen molar-refractivity contribution in [3.8, 4) is 0 Å². The molecule has 0 aliphatic carbocycles. The number of benzene rings is 2. The van der Waals surface area contributed by atoms with Gasteiger partial charge in [-0.2, -0.15) is 0 Å². The van der Waals surface area contributed by atoms with Gasteiger partial charge in [-0.05, 0) is 43.2 Å². The fraction of sp³-hybridized carbons (Fsp3) is 0.125. The first-order valence-electron chi connectivity index (χ1n) is 6.05. The molecule has 0 bridgehead atoms. The first-order chi connectivity index (χ1) is 9.41. The summed E-state index contributed by atoms with van der Waals surface area (Å²) in [7, 11) is 0. The molecule has 0 aliphatic rings. The van der Waals surface area contributed by atoms with E-state index in [-0.39, 0.29) is 16.9 Å². The van der Waals surface area contributed by atoms with Crippen LogP contribution in [0.15, 0.2) is 36.4 Å². The van der Waals surface area contributed by atoms with E-state index >= 15 is 0 Å². The molecule has 3 nitrogen and oxygen atoms in total. The van der Waals surface area contributed by atoms with Crippen LogP contribution in [0.5, 0.6) is 0 Å². The maximum Gasteiger partial charge on any atom is 0.336 e. The van der Waals surface area contributed by atoms with Gasteiger partial charge in [0.1, 0.15) is 0 Å². The molecule has 20 heavy (non-hydrogen) atoms. The van der Waals surface area contributed by atoms with Gasteiger partial charge in [0.15, 0.2) is 5.78 Å². The van der Waals surface area contributed by atoms with Crippen molar-refractivity contribution in [1.82, 2.24) is 0 Å². The second kappa shape index (κ2) is 5.47. The average Bonchev–Trinajstić information content (AvgIpc) is 2.42. The van der Waals surface area contributed by atoms with E-state index in [0.29, 0.717) is 10.6 Å². The molecule has 2 aromatic rings. The molecular weight excluding hydrogens is 276 g/mol. The van der Waals surface area contributed by atoms with Gasteiger partial charge in [0.05, 0.1) is 5.56 Å². The van der Waals surface area contributed by atoms with Gasteiger partial charge in [-0.15, -0.1) is 0 Å². The van der Waals surface area contributed by atoms with Crippen LogP contribution in [0.2, 0.25) is 5.02 Å². The lowest BCUT2D eigenvalue weighted by atomic mass is 9.94. The Balaban J connectivity index is 2.58. The van der Waals surface area contributed by atoms with E-state index in [1.54, 1.807) is 31.2 Å². The third kappa shape index (κ3) is 2.58. The van der Waals surface area contributed by atoms with Crippen LogP contribution in [-0.4, -0.2) is 16.9 Å². The molecule has 0 amide bonds. The molecule has 0 heterocycles. The third-order valence-electron chi connectivity index (χ3n) is 3.15. The molecule has 0 spiro atoms. The minimum absolute atomic E-state index is 0.00417.